The van der Waals surface area contributed by atoms with E-state index < -0.39 is 71.8 Å². The van der Waals surface area contributed by atoms with Crippen LogP contribution in [0.2, 0.25) is 0 Å². The molecule has 6 rings (SSSR count). The summed E-state index contributed by atoms with van der Waals surface area (Å²) in [7, 11) is 3.87. The lowest BCUT2D eigenvalue weighted by Gasteiger charge is -2.48. The average molecular weight is 815 g/mol. The number of carbonyl (C=O) groups is 2. The summed E-state index contributed by atoms with van der Waals surface area (Å²) in [5, 5.41) is 16.2. The van der Waals surface area contributed by atoms with Crippen LogP contribution in [0.25, 0.3) is 0 Å². The van der Waals surface area contributed by atoms with Crippen LogP contribution in [0, 0.1) is 23.7 Å². The van der Waals surface area contributed by atoms with Gasteiger partial charge in [-0.3, -0.25) is 14.7 Å². The zero-order valence-electron chi connectivity index (χ0n) is 36.0. The molecule has 324 valence electrons. The van der Waals surface area contributed by atoms with E-state index >= 15 is 0 Å². The number of cyclic esters (lactones) is 1. The molecule has 1 N–H and O–H groups in total. The minimum Gasteiger partial charge on any atom is -0.490 e. The van der Waals surface area contributed by atoms with Crippen molar-refractivity contribution >= 4 is 23.5 Å². The number of fused-ring (bicyclic) bond motifs is 4. The molecule has 4 fully saturated rings. The standard InChI is InChI=1S/C43H66N4O11/c1-11-33-43(8)37-27(4)34(44-17-18-47(37)41(50)58-43)25(2)22-42(7)38(57-40-35(48)32(46(9)10)21-26(3)55-40)28(5)36(29(6)39(49)56-33)52-23-30(24-53-42)45-54-20-19-51-31-15-13-12-14-16-31/h12-16,25-29,32-33,35-38,40,48H,11,17-24H2,1-10H3/t25-,26+,27+,28-,29-,32-,33+,35+,36+,37-,38+,40-,42-,43-/m1/s1. The van der Waals surface area contributed by atoms with Crippen molar-refractivity contribution in [3.05, 3.63) is 30.3 Å². The number of esters is 1. The predicted octanol–water partition coefficient (Wildman–Crippen LogP) is 4.73. The van der Waals surface area contributed by atoms with E-state index in [1.807, 2.05) is 83.9 Å². The lowest BCUT2D eigenvalue weighted by atomic mass is 9.72. The molecular weight excluding hydrogens is 748 g/mol. The van der Waals surface area contributed by atoms with Gasteiger partial charge in [-0.1, -0.05) is 51.0 Å². The number of amides is 1. The van der Waals surface area contributed by atoms with Gasteiger partial charge in [-0.25, -0.2) is 4.79 Å². The number of aliphatic hydroxyl groups excluding tert-OH is 1. The average Bonchev–Trinajstić information content (AvgIpc) is 3.33. The second kappa shape index (κ2) is 18.5. The lowest BCUT2D eigenvalue weighted by Crippen LogP contribution is -2.60. The van der Waals surface area contributed by atoms with E-state index in [1.165, 1.54) is 0 Å². The minimum atomic E-state index is -1.13. The predicted molar refractivity (Wildman–Crippen MR) is 216 cm³/mol. The molecule has 14 atom stereocenters. The lowest BCUT2D eigenvalue weighted by molar-refractivity contribution is -0.302. The number of aliphatic imine (C=N–C) groups is 1. The molecule has 4 bridgehead atoms. The Labute approximate surface area is 343 Å². The molecule has 1 amide bonds. The molecule has 0 spiro atoms. The number of benzene rings is 1. The van der Waals surface area contributed by atoms with Crippen LogP contribution in [0.4, 0.5) is 4.79 Å². The van der Waals surface area contributed by atoms with E-state index in [4.69, 9.17) is 43.0 Å². The van der Waals surface area contributed by atoms with E-state index in [9.17, 15) is 14.7 Å². The number of ether oxygens (including phenoxy) is 7. The summed E-state index contributed by atoms with van der Waals surface area (Å²) in [6.45, 7) is 17.0. The molecule has 1 aromatic rings. The number of oxime groups is 1. The van der Waals surface area contributed by atoms with Crippen molar-refractivity contribution in [1.29, 1.82) is 0 Å². The molecular formula is C43H66N4O11. The van der Waals surface area contributed by atoms with Gasteiger partial charge < -0.3 is 48.0 Å². The smallest absolute Gasteiger partial charge is 0.410 e. The van der Waals surface area contributed by atoms with Crippen molar-refractivity contribution in [2.75, 3.05) is 53.6 Å². The summed E-state index contributed by atoms with van der Waals surface area (Å²) in [4.78, 5) is 42.6. The Hall–Kier alpha value is -3.34. The first-order valence-electron chi connectivity index (χ1n) is 21.1. The zero-order valence-corrected chi connectivity index (χ0v) is 36.0. The Balaban J connectivity index is 1.40. The quantitative estimate of drug-likeness (QED) is 0.208. The monoisotopic (exact) mass is 814 g/mol. The third kappa shape index (κ3) is 9.19. The van der Waals surface area contributed by atoms with Gasteiger partial charge in [0.15, 0.2) is 18.5 Å². The fourth-order valence-electron chi connectivity index (χ4n) is 10.1. The summed E-state index contributed by atoms with van der Waals surface area (Å²) in [6, 6.07) is 8.83. The molecule has 4 saturated heterocycles. The molecule has 0 aliphatic carbocycles. The second-order valence-corrected chi connectivity index (χ2v) is 17.5. The summed E-state index contributed by atoms with van der Waals surface area (Å²) in [6.07, 6.45) is -3.41. The highest BCUT2D eigenvalue weighted by atomic mass is 16.7. The van der Waals surface area contributed by atoms with Crippen LogP contribution in [0.3, 0.4) is 0 Å². The number of para-hydroxylation sites is 1. The van der Waals surface area contributed by atoms with Gasteiger partial charge in [0.05, 0.1) is 55.6 Å². The summed E-state index contributed by atoms with van der Waals surface area (Å²) in [5.41, 5.74) is -0.823. The number of hydrogen-bond donors (Lipinski definition) is 1. The van der Waals surface area contributed by atoms with Crippen LogP contribution in [-0.4, -0.2) is 152 Å². The number of hydrogen-bond acceptors (Lipinski definition) is 14. The van der Waals surface area contributed by atoms with E-state index in [-0.39, 0.29) is 50.4 Å². The van der Waals surface area contributed by atoms with Crippen molar-refractivity contribution in [3.8, 4) is 5.75 Å². The summed E-state index contributed by atoms with van der Waals surface area (Å²) < 4.78 is 45.5. The highest BCUT2D eigenvalue weighted by molar-refractivity contribution is 5.91. The second-order valence-electron chi connectivity index (χ2n) is 17.5. The van der Waals surface area contributed by atoms with E-state index in [0.717, 1.165) is 11.5 Å². The molecule has 5 aliphatic rings. The molecule has 0 saturated carbocycles. The van der Waals surface area contributed by atoms with Crippen LogP contribution in [0.5, 0.6) is 5.75 Å². The van der Waals surface area contributed by atoms with Crippen LogP contribution in [-0.2, 0) is 38.1 Å². The van der Waals surface area contributed by atoms with Gasteiger partial charge >= 0.3 is 12.1 Å². The van der Waals surface area contributed by atoms with Gasteiger partial charge in [-0.2, -0.15) is 0 Å². The van der Waals surface area contributed by atoms with Gasteiger partial charge in [0.2, 0.25) is 0 Å². The SMILES string of the molecule is CC[C@@H]1OC(=O)[C@H](C)[C@H]2OCC(=NOCCOc3ccccc3)CO[C@](C)(C[C@@H](C)C3=NCCN4C(=O)O[C@@]1(C)[C@H]4[C@H]3C)[C@@H](O[C@H]1O[C@@H](C)C[C@@H](N(C)C)[C@@H]1O)[C@@H]2C. The van der Waals surface area contributed by atoms with Gasteiger partial charge in [0.25, 0.3) is 0 Å². The van der Waals surface area contributed by atoms with E-state index in [2.05, 4.69) is 19.0 Å². The fourth-order valence-corrected chi connectivity index (χ4v) is 10.1. The van der Waals surface area contributed by atoms with E-state index in [0.29, 0.717) is 38.1 Å². The van der Waals surface area contributed by atoms with Gasteiger partial charge in [0, 0.05) is 30.1 Å². The number of nitrogens with zero attached hydrogens (tertiary/aromatic N) is 4. The topological polar surface area (TPSA) is 159 Å². The number of aliphatic hydroxyl groups is 1. The highest BCUT2D eigenvalue weighted by Crippen LogP contribution is 2.45. The maximum absolute atomic E-state index is 14.5. The Morgan fingerprint density at radius 3 is 2.48 bits per heavy atom. The Kier molecular flexibility index (Phi) is 14.1. The van der Waals surface area contributed by atoms with Crippen molar-refractivity contribution in [2.45, 2.75) is 135 Å². The van der Waals surface area contributed by atoms with E-state index in [1.54, 1.807) is 11.8 Å². The maximum Gasteiger partial charge on any atom is 0.410 e. The first kappa shape index (κ1) is 44.2. The molecule has 1 aromatic carbocycles. The molecule has 5 heterocycles. The summed E-state index contributed by atoms with van der Waals surface area (Å²) >= 11 is 0. The van der Waals surface area contributed by atoms with Gasteiger partial charge in [-0.15, -0.1) is 0 Å². The van der Waals surface area contributed by atoms with Crippen LogP contribution < -0.4 is 4.74 Å². The molecule has 15 heteroatoms. The minimum absolute atomic E-state index is 0.000124. The van der Waals surface area contributed by atoms with Gasteiger partial charge in [0.1, 0.15) is 30.3 Å². The Bertz CT molecular complexity index is 1630. The highest BCUT2D eigenvalue weighted by Gasteiger charge is 2.60. The van der Waals surface area contributed by atoms with Crippen LogP contribution >= 0.6 is 0 Å². The van der Waals surface area contributed by atoms with Crippen molar-refractivity contribution in [2.24, 2.45) is 33.8 Å². The van der Waals surface area contributed by atoms with Crippen molar-refractivity contribution in [3.63, 3.8) is 0 Å². The Morgan fingerprint density at radius 1 is 1.03 bits per heavy atom. The first-order chi connectivity index (χ1) is 27.6. The fraction of sp³-hybridized carbons (Fsp3) is 0.767. The normalized spacial score (nSPS) is 40.7. The molecule has 58 heavy (non-hydrogen) atoms. The third-order valence-electron chi connectivity index (χ3n) is 12.9. The number of likely N-dealkylation sites (N-methyl/N-ethyl adjacent to an activating group) is 1. The number of rotatable bonds is 9. The van der Waals surface area contributed by atoms with Crippen LogP contribution in [0.15, 0.2) is 40.5 Å². The zero-order chi connectivity index (χ0) is 41.9. The van der Waals surface area contributed by atoms with Gasteiger partial charge in [-0.05, 0) is 79.1 Å². The largest absolute Gasteiger partial charge is 0.490 e. The third-order valence-corrected chi connectivity index (χ3v) is 12.9. The molecule has 15 nitrogen and oxygen atoms in total. The molecule has 5 aliphatic heterocycles. The Morgan fingerprint density at radius 2 is 1.78 bits per heavy atom. The molecule has 0 radical (unpaired) electrons. The van der Waals surface area contributed by atoms with Crippen molar-refractivity contribution < 1.29 is 52.7 Å². The van der Waals surface area contributed by atoms with Crippen molar-refractivity contribution in [1.82, 2.24) is 9.80 Å². The number of carbonyl (C=O) groups excluding carboxylic acids is 2. The maximum atomic E-state index is 14.5. The first-order valence-corrected chi connectivity index (χ1v) is 21.1. The molecule has 0 unspecified atom stereocenters. The summed E-state index contributed by atoms with van der Waals surface area (Å²) in [5.74, 6) is -1.51. The van der Waals surface area contributed by atoms with Crippen LogP contribution in [0.1, 0.15) is 74.7 Å². The molecule has 0 aromatic heterocycles.